The van der Waals surface area contributed by atoms with Gasteiger partial charge in [-0.3, -0.25) is 9.69 Å². The molecule has 0 bridgehead atoms. The van der Waals surface area contributed by atoms with Crippen molar-refractivity contribution in [3.8, 4) is 11.4 Å². The summed E-state index contributed by atoms with van der Waals surface area (Å²) in [5, 5.41) is 2.09. The van der Waals surface area contributed by atoms with E-state index in [0.29, 0.717) is 12.4 Å². The first kappa shape index (κ1) is 14.2. The lowest BCUT2D eigenvalue weighted by molar-refractivity contribution is 0.242. The Labute approximate surface area is 136 Å². The van der Waals surface area contributed by atoms with Gasteiger partial charge >= 0.3 is 0 Å². The Balaban J connectivity index is 1.64. The Morgan fingerprint density at radius 3 is 2.96 bits per heavy atom. The maximum atomic E-state index is 12.3. The fourth-order valence-corrected chi connectivity index (χ4v) is 3.56. The summed E-state index contributed by atoms with van der Waals surface area (Å²) in [5.41, 5.74) is 2.33. The van der Waals surface area contributed by atoms with E-state index in [1.54, 1.807) is 23.7 Å². The first-order valence-corrected chi connectivity index (χ1v) is 8.30. The molecule has 4 rings (SSSR count). The van der Waals surface area contributed by atoms with Gasteiger partial charge in [-0.15, -0.1) is 11.3 Å². The zero-order valence-corrected chi connectivity index (χ0v) is 13.2. The molecule has 1 N–H and O–H groups in total. The van der Waals surface area contributed by atoms with Gasteiger partial charge in [-0.2, -0.15) is 0 Å². The normalized spacial score (nSPS) is 14.6. The Kier molecular flexibility index (Phi) is 3.72. The molecule has 1 aliphatic rings. The molecule has 23 heavy (non-hydrogen) atoms. The lowest BCUT2D eigenvalue weighted by Gasteiger charge is -2.27. The minimum atomic E-state index is -0.0513. The Hall–Kier alpha value is -2.38. The molecular weight excluding hydrogens is 310 g/mol. The second-order valence-electron chi connectivity index (χ2n) is 5.51. The molecule has 4 heterocycles. The van der Waals surface area contributed by atoms with Crippen LogP contribution in [-0.2, 0) is 19.5 Å². The van der Waals surface area contributed by atoms with Crippen molar-refractivity contribution in [3.63, 3.8) is 0 Å². The summed E-state index contributed by atoms with van der Waals surface area (Å²) in [6, 6.07) is 4.20. The van der Waals surface area contributed by atoms with E-state index in [1.807, 2.05) is 0 Å². The lowest BCUT2D eigenvalue weighted by atomic mass is 10.1. The number of hydrogen-bond donors (Lipinski definition) is 1. The zero-order valence-electron chi connectivity index (χ0n) is 12.4. The molecule has 1 aliphatic heterocycles. The minimum Gasteiger partial charge on any atom is -0.306 e. The molecule has 7 heteroatoms. The number of rotatable bonds is 3. The average Bonchev–Trinajstić information content (AvgIpc) is 3.08. The zero-order chi connectivity index (χ0) is 15.6. The molecule has 3 aromatic heterocycles. The minimum absolute atomic E-state index is 0.0513. The molecule has 0 fully saturated rings. The van der Waals surface area contributed by atoms with Crippen LogP contribution < -0.4 is 5.56 Å². The van der Waals surface area contributed by atoms with Gasteiger partial charge in [-0.25, -0.2) is 15.0 Å². The van der Waals surface area contributed by atoms with Gasteiger partial charge in [-0.1, -0.05) is 6.07 Å². The van der Waals surface area contributed by atoms with Crippen molar-refractivity contribution < 1.29 is 0 Å². The van der Waals surface area contributed by atoms with Gasteiger partial charge in [-0.05, 0) is 17.9 Å². The van der Waals surface area contributed by atoms with Crippen LogP contribution in [0.2, 0.25) is 0 Å². The highest BCUT2D eigenvalue weighted by molar-refractivity contribution is 7.09. The number of aromatic nitrogens is 4. The largest absolute Gasteiger partial charge is 0.306 e. The van der Waals surface area contributed by atoms with Gasteiger partial charge in [0.2, 0.25) is 0 Å². The van der Waals surface area contributed by atoms with Crippen molar-refractivity contribution in [1.29, 1.82) is 0 Å². The second-order valence-corrected chi connectivity index (χ2v) is 6.54. The van der Waals surface area contributed by atoms with Crippen molar-refractivity contribution in [3.05, 3.63) is 62.7 Å². The predicted octanol–water partition coefficient (Wildman–Crippen LogP) is 1.85. The molecule has 0 aromatic carbocycles. The number of aromatic amines is 1. The lowest BCUT2D eigenvalue weighted by Crippen LogP contribution is -2.34. The van der Waals surface area contributed by atoms with Gasteiger partial charge < -0.3 is 4.98 Å². The smallest absolute Gasteiger partial charge is 0.254 e. The quantitative estimate of drug-likeness (QED) is 0.795. The molecule has 0 saturated heterocycles. The van der Waals surface area contributed by atoms with E-state index in [-0.39, 0.29) is 5.56 Å². The van der Waals surface area contributed by atoms with Crippen LogP contribution >= 0.6 is 11.3 Å². The summed E-state index contributed by atoms with van der Waals surface area (Å²) >= 11 is 1.75. The van der Waals surface area contributed by atoms with Crippen molar-refractivity contribution in [2.45, 2.75) is 19.5 Å². The average molecular weight is 325 g/mol. The summed E-state index contributed by atoms with van der Waals surface area (Å²) in [6.07, 6.45) is 5.51. The summed E-state index contributed by atoms with van der Waals surface area (Å²) in [4.78, 5) is 31.5. The van der Waals surface area contributed by atoms with Gasteiger partial charge in [0.25, 0.3) is 5.56 Å². The summed E-state index contributed by atoms with van der Waals surface area (Å²) in [5.74, 6) is 0.535. The van der Waals surface area contributed by atoms with Crippen LogP contribution in [0.25, 0.3) is 11.4 Å². The highest BCUT2D eigenvalue weighted by atomic mass is 32.1. The molecule has 0 unspecified atom stereocenters. The summed E-state index contributed by atoms with van der Waals surface area (Å²) < 4.78 is 0. The fourth-order valence-electron chi connectivity index (χ4n) is 2.81. The number of fused-ring (bicyclic) bond motifs is 1. The third-order valence-electron chi connectivity index (χ3n) is 3.95. The van der Waals surface area contributed by atoms with E-state index in [1.165, 1.54) is 11.2 Å². The third-order valence-corrected chi connectivity index (χ3v) is 4.81. The van der Waals surface area contributed by atoms with Crippen LogP contribution in [0.4, 0.5) is 0 Å². The van der Waals surface area contributed by atoms with E-state index in [9.17, 15) is 4.79 Å². The van der Waals surface area contributed by atoms with Gasteiger partial charge in [0.05, 0.1) is 11.3 Å². The maximum absolute atomic E-state index is 12.3. The molecule has 0 atom stereocenters. The van der Waals surface area contributed by atoms with Crippen LogP contribution in [-0.4, -0.2) is 31.4 Å². The Morgan fingerprint density at radius 2 is 2.17 bits per heavy atom. The SMILES string of the molecule is O=c1[nH]c(-c2cncnc2)nc2c1CCN(Cc1cccs1)C2. The van der Waals surface area contributed by atoms with Gasteiger partial charge in [0, 0.05) is 42.5 Å². The first-order chi connectivity index (χ1) is 11.3. The number of thiophene rings is 1. The highest BCUT2D eigenvalue weighted by Gasteiger charge is 2.21. The Morgan fingerprint density at radius 1 is 1.30 bits per heavy atom. The van der Waals surface area contributed by atoms with Crippen LogP contribution in [0.5, 0.6) is 0 Å². The van der Waals surface area contributed by atoms with Crippen LogP contribution in [0, 0.1) is 0 Å². The van der Waals surface area contributed by atoms with Crippen molar-refractivity contribution >= 4 is 11.3 Å². The molecule has 0 radical (unpaired) electrons. The van der Waals surface area contributed by atoms with Crippen molar-refractivity contribution in [1.82, 2.24) is 24.8 Å². The van der Waals surface area contributed by atoms with Crippen LogP contribution in [0.1, 0.15) is 16.1 Å². The van der Waals surface area contributed by atoms with E-state index in [0.717, 1.165) is 36.3 Å². The van der Waals surface area contributed by atoms with E-state index in [4.69, 9.17) is 0 Å². The second kappa shape index (κ2) is 6.02. The topological polar surface area (TPSA) is 74.8 Å². The standard InChI is InChI=1S/C16H15N5OS/c22-16-13-3-4-21(8-12-2-1-5-23-12)9-14(13)19-15(20-16)11-6-17-10-18-7-11/h1-2,5-7,10H,3-4,8-9H2,(H,19,20,22). The van der Waals surface area contributed by atoms with E-state index in [2.05, 4.69) is 42.3 Å². The third kappa shape index (κ3) is 2.93. The number of H-pyrrole nitrogens is 1. The summed E-state index contributed by atoms with van der Waals surface area (Å²) in [6.45, 7) is 2.47. The molecule has 3 aromatic rings. The van der Waals surface area contributed by atoms with E-state index < -0.39 is 0 Å². The maximum Gasteiger partial charge on any atom is 0.254 e. The molecule has 116 valence electrons. The molecule has 0 amide bonds. The molecule has 0 spiro atoms. The van der Waals surface area contributed by atoms with Crippen molar-refractivity contribution in [2.75, 3.05) is 6.54 Å². The van der Waals surface area contributed by atoms with Gasteiger partial charge in [0.15, 0.2) is 0 Å². The monoisotopic (exact) mass is 325 g/mol. The first-order valence-electron chi connectivity index (χ1n) is 7.42. The fraction of sp³-hybridized carbons (Fsp3) is 0.250. The summed E-state index contributed by atoms with van der Waals surface area (Å²) in [7, 11) is 0. The molecular formula is C16H15N5OS. The number of nitrogens with zero attached hydrogens (tertiary/aromatic N) is 4. The number of nitrogens with one attached hydrogen (secondary N) is 1. The molecule has 0 aliphatic carbocycles. The molecule has 0 saturated carbocycles. The highest BCUT2D eigenvalue weighted by Crippen LogP contribution is 2.20. The van der Waals surface area contributed by atoms with Gasteiger partial charge in [0.1, 0.15) is 12.2 Å². The number of hydrogen-bond acceptors (Lipinski definition) is 6. The van der Waals surface area contributed by atoms with Crippen LogP contribution in [0.15, 0.2) is 41.0 Å². The van der Waals surface area contributed by atoms with Crippen LogP contribution in [0.3, 0.4) is 0 Å². The predicted molar refractivity (Wildman–Crippen MR) is 88.0 cm³/mol. The Bertz CT molecular complexity index is 860. The van der Waals surface area contributed by atoms with E-state index >= 15 is 0 Å². The molecule has 6 nitrogen and oxygen atoms in total. The van der Waals surface area contributed by atoms with Crippen molar-refractivity contribution in [2.24, 2.45) is 0 Å².